The first kappa shape index (κ1) is 15.8. The number of ether oxygens (including phenoxy) is 1. The predicted molar refractivity (Wildman–Crippen MR) is 78.7 cm³/mol. The van der Waals surface area contributed by atoms with Gasteiger partial charge in [-0.15, -0.1) is 22.6 Å². The van der Waals surface area contributed by atoms with Gasteiger partial charge in [0.15, 0.2) is 5.16 Å². The van der Waals surface area contributed by atoms with Crippen LogP contribution in [0.25, 0.3) is 0 Å². The molecule has 1 aromatic heterocycles. The van der Waals surface area contributed by atoms with E-state index in [2.05, 4.69) is 16.3 Å². The van der Waals surface area contributed by atoms with Crippen molar-refractivity contribution in [2.75, 3.05) is 7.11 Å². The lowest BCUT2D eigenvalue weighted by Gasteiger charge is -2.04. The minimum absolute atomic E-state index is 0. The molecule has 0 radical (unpaired) electrons. The van der Waals surface area contributed by atoms with Crippen molar-refractivity contribution in [2.45, 2.75) is 17.5 Å². The highest BCUT2D eigenvalue weighted by Crippen LogP contribution is 2.23. The van der Waals surface area contributed by atoms with Crippen molar-refractivity contribution in [3.8, 4) is 5.75 Å². The second-order valence-electron chi connectivity index (χ2n) is 3.80. The summed E-state index contributed by atoms with van der Waals surface area (Å²) >= 11 is 1.63. The van der Waals surface area contributed by atoms with Crippen molar-refractivity contribution in [1.82, 2.24) is 14.8 Å². The molecule has 2 rings (SSSR count). The summed E-state index contributed by atoms with van der Waals surface area (Å²) in [6, 6.07) is 8.00. The summed E-state index contributed by atoms with van der Waals surface area (Å²) in [5.74, 6) is 2.49. The molecule has 0 saturated heterocycles. The summed E-state index contributed by atoms with van der Waals surface area (Å²) < 4.78 is 7.11. The number of rotatable bonds is 5. The lowest BCUT2D eigenvalue weighted by Crippen LogP contribution is -2.05. The minimum Gasteiger partial charge on any atom is -0.497 e. The molecular weight excluding hydrogens is 284 g/mol. The van der Waals surface area contributed by atoms with E-state index in [4.69, 9.17) is 10.5 Å². The van der Waals surface area contributed by atoms with E-state index in [1.165, 1.54) is 5.56 Å². The topological polar surface area (TPSA) is 66.0 Å². The molecule has 0 aliphatic heterocycles. The van der Waals surface area contributed by atoms with E-state index in [-0.39, 0.29) is 12.4 Å². The molecule has 0 bridgehead atoms. The Kier molecular flexibility index (Phi) is 6.14. The highest BCUT2D eigenvalue weighted by Gasteiger charge is 2.07. The maximum Gasteiger partial charge on any atom is 0.191 e. The minimum atomic E-state index is 0. The van der Waals surface area contributed by atoms with Gasteiger partial charge in [-0.25, -0.2) is 0 Å². The third-order valence-electron chi connectivity index (χ3n) is 2.61. The molecule has 0 atom stereocenters. The van der Waals surface area contributed by atoms with E-state index in [9.17, 15) is 0 Å². The van der Waals surface area contributed by atoms with E-state index in [0.29, 0.717) is 6.54 Å². The number of benzene rings is 1. The first-order valence-electron chi connectivity index (χ1n) is 5.58. The standard InChI is InChI=1S/C12H16N4OS.ClH/c1-16-11(7-13)14-15-12(16)18-8-9-4-3-5-10(6-9)17-2;/h3-6H,7-8,13H2,1-2H3;1H. The molecule has 0 amide bonds. The Balaban J connectivity index is 0.00000180. The van der Waals surface area contributed by atoms with E-state index in [1.54, 1.807) is 18.9 Å². The van der Waals surface area contributed by atoms with Crippen LogP contribution in [0, 0.1) is 0 Å². The van der Waals surface area contributed by atoms with Crippen LogP contribution in [-0.2, 0) is 19.3 Å². The van der Waals surface area contributed by atoms with Crippen LogP contribution in [-0.4, -0.2) is 21.9 Å². The number of nitrogens with zero attached hydrogens (tertiary/aromatic N) is 3. The molecule has 0 spiro atoms. The Bertz CT molecular complexity index is 532. The normalized spacial score (nSPS) is 10.1. The largest absolute Gasteiger partial charge is 0.497 e. The SMILES string of the molecule is COc1cccc(CSc2nnc(CN)n2C)c1.Cl. The number of methoxy groups -OCH3 is 1. The van der Waals surface area contributed by atoms with Crippen molar-refractivity contribution in [3.05, 3.63) is 35.7 Å². The van der Waals surface area contributed by atoms with Gasteiger partial charge in [0, 0.05) is 12.8 Å². The summed E-state index contributed by atoms with van der Waals surface area (Å²) in [4.78, 5) is 0. The number of thioether (sulfide) groups is 1. The lowest BCUT2D eigenvalue weighted by atomic mass is 10.2. The molecule has 5 nitrogen and oxygen atoms in total. The number of hydrogen-bond donors (Lipinski definition) is 1. The molecule has 7 heteroatoms. The van der Waals surface area contributed by atoms with Gasteiger partial charge in [-0.3, -0.25) is 0 Å². The molecule has 0 fully saturated rings. The Morgan fingerprint density at radius 2 is 2.16 bits per heavy atom. The van der Waals surface area contributed by atoms with Gasteiger partial charge in [-0.2, -0.15) is 0 Å². The molecule has 1 heterocycles. The Morgan fingerprint density at radius 1 is 1.37 bits per heavy atom. The molecule has 104 valence electrons. The summed E-state index contributed by atoms with van der Waals surface area (Å²) in [7, 11) is 3.60. The quantitative estimate of drug-likeness (QED) is 0.856. The average Bonchev–Trinajstić information content (AvgIpc) is 2.77. The number of hydrogen-bond acceptors (Lipinski definition) is 5. The van der Waals surface area contributed by atoms with Crippen molar-refractivity contribution < 1.29 is 4.74 Å². The molecule has 0 aliphatic carbocycles. The van der Waals surface area contributed by atoms with Gasteiger partial charge in [-0.05, 0) is 17.7 Å². The van der Waals surface area contributed by atoms with Crippen LogP contribution in [0.15, 0.2) is 29.4 Å². The number of aromatic nitrogens is 3. The van der Waals surface area contributed by atoms with Gasteiger partial charge >= 0.3 is 0 Å². The third-order valence-corrected chi connectivity index (χ3v) is 3.70. The predicted octanol–water partition coefficient (Wildman–Crippen LogP) is 2.00. The number of halogens is 1. The summed E-state index contributed by atoms with van der Waals surface area (Å²) in [5, 5.41) is 9.00. The summed E-state index contributed by atoms with van der Waals surface area (Å²) in [6.07, 6.45) is 0. The Hall–Kier alpha value is -1.24. The maximum atomic E-state index is 5.56. The molecular formula is C12H17ClN4OS. The fourth-order valence-corrected chi connectivity index (χ4v) is 2.43. The van der Waals surface area contributed by atoms with E-state index in [0.717, 1.165) is 22.5 Å². The van der Waals surface area contributed by atoms with E-state index in [1.807, 2.05) is 29.8 Å². The third kappa shape index (κ3) is 3.86. The van der Waals surface area contributed by atoms with Crippen molar-refractivity contribution in [2.24, 2.45) is 12.8 Å². The van der Waals surface area contributed by atoms with E-state index < -0.39 is 0 Å². The fraction of sp³-hybridized carbons (Fsp3) is 0.333. The van der Waals surface area contributed by atoms with Crippen molar-refractivity contribution in [3.63, 3.8) is 0 Å². The molecule has 2 aromatic rings. The Labute approximate surface area is 123 Å². The van der Waals surface area contributed by atoms with Crippen LogP contribution in [0.5, 0.6) is 5.75 Å². The smallest absolute Gasteiger partial charge is 0.191 e. The van der Waals surface area contributed by atoms with Gasteiger partial charge in [-0.1, -0.05) is 23.9 Å². The Morgan fingerprint density at radius 3 is 2.79 bits per heavy atom. The van der Waals surface area contributed by atoms with Gasteiger partial charge in [0.2, 0.25) is 0 Å². The molecule has 0 unspecified atom stereocenters. The van der Waals surface area contributed by atoms with Crippen molar-refractivity contribution in [1.29, 1.82) is 0 Å². The average molecular weight is 301 g/mol. The zero-order valence-electron chi connectivity index (χ0n) is 10.9. The van der Waals surface area contributed by atoms with Gasteiger partial charge < -0.3 is 15.0 Å². The first-order chi connectivity index (χ1) is 8.74. The second kappa shape index (κ2) is 7.37. The maximum absolute atomic E-state index is 5.56. The monoisotopic (exact) mass is 300 g/mol. The van der Waals surface area contributed by atoms with Crippen LogP contribution in [0.1, 0.15) is 11.4 Å². The van der Waals surface area contributed by atoms with Crippen LogP contribution < -0.4 is 10.5 Å². The summed E-state index contributed by atoms with van der Waals surface area (Å²) in [5.41, 5.74) is 6.75. The molecule has 2 N–H and O–H groups in total. The highest BCUT2D eigenvalue weighted by molar-refractivity contribution is 7.98. The van der Waals surface area contributed by atoms with Crippen molar-refractivity contribution >= 4 is 24.2 Å². The molecule has 19 heavy (non-hydrogen) atoms. The fourth-order valence-electron chi connectivity index (χ4n) is 1.56. The lowest BCUT2D eigenvalue weighted by molar-refractivity contribution is 0.414. The first-order valence-corrected chi connectivity index (χ1v) is 6.57. The van der Waals surface area contributed by atoms with Gasteiger partial charge in [0.1, 0.15) is 11.6 Å². The van der Waals surface area contributed by atoms with Crippen LogP contribution >= 0.6 is 24.2 Å². The van der Waals surface area contributed by atoms with Crippen LogP contribution in [0.4, 0.5) is 0 Å². The zero-order chi connectivity index (χ0) is 13.0. The van der Waals surface area contributed by atoms with Gasteiger partial charge in [0.25, 0.3) is 0 Å². The molecule has 0 aliphatic rings. The number of nitrogens with two attached hydrogens (primary N) is 1. The zero-order valence-corrected chi connectivity index (χ0v) is 12.5. The molecule has 1 aromatic carbocycles. The second-order valence-corrected chi connectivity index (χ2v) is 4.74. The summed E-state index contributed by atoms with van der Waals surface area (Å²) in [6.45, 7) is 0.406. The van der Waals surface area contributed by atoms with E-state index >= 15 is 0 Å². The van der Waals surface area contributed by atoms with Gasteiger partial charge in [0.05, 0.1) is 13.7 Å². The molecule has 0 saturated carbocycles. The van der Waals surface area contributed by atoms with Crippen LogP contribution in [0.2, 0.25) is 0 Å². The van der Waals surface area contributed by atoms with Crippen LogP contribution in [0.3, 0.4) is 0 Å². The highest BCUT2D eigenvalue weighted by atomic mass is 35.5.